The van der Waals surface area contributed by atoms with E-state index in [1.54, 1.807) is 0 Å². The first-order valence-electron chi connectivity index (χ1n) is 10.1. The molecule has 0 saturated carbocycles. The maximum Gasteiger partial charge on any atom is 0.434 e. The van der Waals surface area contributed by atoms with Crippen molar-refractivity contribution < 1.29 is 22.4 Å². The van der Waals surface area contributed by atoms with Crippen molar-refractivity contribution in [2.24, 2.45) is 0 Å². The van der Waals surface area contributed by atoms with Crippen LogP contribution in [-0.4, -0.2) is 41.2 Å². The average molecular weight is 448 g/mol. The Morgan fingerprint density at radius 3 is 2.34 bits per heavy atom. The number of aryl methyl sites for hydroxylation is 1. The molecule has 1 amide bonds. The molecular formula is C23H24F4N4O. The predicted octanol–water partition coefficient (Wildman–Crippen LogP) is 4.63. The van der Waals surface area contributed by atoms with Gasteiger partial charge >= 0.3 is 6.18 Å². The topological polar surface area (TPSA) is 50.2 Å². The number of hydrogen-bond donors (Lipinski definition) is 1. The van der Waals surface area contributed by atoms with Gasteiger partial charge < -0.3 is 10.2 Å². The number of nitrogens with one attached hydrogen (secondary N) is 1. The molecule has 0 saturated heterocycles. The minimum atomic E-state index is -4.91. The summed E-state index contributed by atoms with van der Waals surface area (Å²) in [7, 11) is 3.64. The average Bonchev–Trinajstić information content (AvgIpc) is 3.20. The number of rotatable bonds is 7. The monoisotopic (exact) mass is 448 g/mol. The Bertz CT molecular complexity index is 1070. The number of benzene rings is 2. The molecule has 0 spiro atoms. The van der Waals surface area contributed by atoms with Gasteiger partial charge in [0.15, 0.2) is 5.69 Å². The highest BCUT2D eigenvalue weighted by atomic mass is 19.4. The van der Waals surface area contributed by atoms with Gasteiger partial charge in [-0.25, -0.2) is 9.07 Å². The standard InChI is InChI=1S/C23H24F4N4O/c1-4-15-9-11-16(12-10-15)20(30(2)3)14-28-22(32)17-13-29-31(21(17)23(25,26)27)19-8-6-5-7-18(19)24/h5-13,20H,4,14H2,1-3H3,(H,28,32). The van der Waals surface area contributed by atoms with E-state index in [2.05, 4.69) is 10.4 Å². The summed E-state index contributed by atoms with van der Waals surface area (Å²) in [4.78, 5) is 14.6. The van der Waals surface area contributed by atoms with Crippen molar-refractivity contribution in [3.05, 3.63) is 82.9 Å². The fourth-order valence-electron chi connectivity index (χ4n) is 3.45. The molecular weight excluding hydrogens is 424 g/mol. The van der Waals surface area contributed by atoms with Gasteiger partial charge in [-0.15, -0.1) is 0 Å². The third-order valence-electron chi connectivity index (χ3n) is 5.22. The van der Waals surface area contributed by atoms with Crippen LogP contribution < -0.4 is 5.32 Å². The second-order valence-electron chi connectivity index (χ2n) is 7.55. The van der Waals surface area contributed by atoms with Gasteiger partial charge in [-0.2, -0.15) is 18.3 Å². The Morgan fingerprint density at radius 1 is 1.12 bits per heavy atom. The number of nitrogens with zero attached hydrogens (tertiary/aromatic N) is 3. The van der Waals surface area contributed by atoms with Crippen molar-refractivity contribution in [3.63, 3.8) is 0 Å². The van der Waals surface area contributed by atoms with E-state index >= 15 is 0 Å². The van der Waals surface area contributed by atoms with E-state index < -0.39 is 29.2 Å². The van der Waals surface area contributed by atoms with Crippen LogP contribution >= 0.6 is 0 Å². The number of amides is 1. The summed E-state index contributed by atoms with van der Waals surface area (Å²) in [5.41, 5.74) is -0.300. The molecule has 0 fully saturated rings. The summed E-state index contributed by atoms with van der Waals surface area (Å²) >= 11 is 0. The van der Waals surface area contributed by atoms with Gasteiger partial charge in [0, 0.05) is 6.54 Å². The number of alkyl halides is 3. The Morgan fingerprint density at radius 2 is 1.78 bits per heavy atom. The maximum absolute atomic E-state index is 14.1. The van der Waals surface area contributed by atoms with Gasteiger partial charge in [0.25, 0.3) is 5.91 Å². The van der Waals surface area contributed by atoms with Crippen molar-refractivity contribution in [2.45, 2.75) is 25.6 Å². The molecule has 0 aliphatic rings. The molecule has 3 rings (SSSR count). The van der Waals surface area contributed by atoms with Crippen molar-refractivity contribution >= 4 is 5.91 Å². The summed E-state index contributed by atoms with van der Waals surface area (Å²) in [5, 5.41) is 6.23. The van der Waals surface area contributed by atoms with E-state index in [1.807, 2.05) is 50.2 Å². The number of aromatic nitrogens is 2. The van der Waals surface area contributed by atoms with Gasteiger partial charge in [-0.05, 0) is 43.8 Å². The largest absolute Gasteiger partial charge is 0.434 e. The first-order valence-corrected chi connectivity index (χ1v) is 10.1. The lowest BCUT2D eigenvalue weighted by molar-refractivity contribution is -0.143. The summed E-state index contributed by atoms with van der Waals surface area (Å²) in [5.74, 6) is -1.81. The van der Waals surface area contributed by atoms with Crippen LogP contribution in [0.25, 0.3) is 5.69 Å². The van der Waals surface area contributed by atoms with E-state index in [0.29, 0.717) is 4.68 Å². The molecule has 1 atom stereocenters. The van der Waals surface area contributed by atoms with Crippen molar-refractivity contribution in [1.82, 2.24) is 20.0 Å². The molecule has 1 heterocycles. The van der Waals surface area contributed by atoms with Crippen LogP contribution in [0.2, 0.25) is 0 Å². The first-order chi connectivity index (χ1) is 15.1. The van der Waals surface area contributed by atoms with Gasteiger partial charge in [0.05, 0.1) is 17.8 Å². The van der Waals surface area contributed by atoms with Crippen molar-refractivity contribution in [3.8, 4) is 5.69 Å². The van der Waals surface area contributed by atoms with Crippen LogP contribution in [-0.2, 0) is 12.6 Å². The summed E-state index contributed by atoms with van der Waals surface area (Å²) in [6, 6.07) is 12.5. The van der Waals surface area contributed by atoms with E-state index in [0.717, 1.165) is 29.8 Å². The summed E-state index contributed by atoms with van der Waals surface area (Å²) in [6.45, 7) is 2.12. The molecule has 32 heavy (non-hydrogen) atoms. The summed E-state index contributed by atoms with van der Waals surface area (Å²) < 4.78 is 56.0. The highest BCUT2D eigenvalue weighted by molar-refractivity contribution is 5.95. The fraction of sp³-hybridized carbons (Fsp3) is 0.304. The minimum Gasteiger partial charge on any atom is -0.350 e. The molecule has 0 aliphatic carbocycles. The number of halogens is 4. The lowest BCUT2D eigenvalue weighted by atomic mass is 10.0. The van der Waals surface area contributed by atoms with Crippen LogP contribution in [0.4, 0.5) is 17.6 Å². The molecule has 5 nitrogen and oxygen atoms in total. The molecule has 1 unspecified atom stereocenters. The smallest absolute Gasteiger partial charge is 0.350 e. The normalized spacial score (nSPS) is 12.8. The van der Waals surface area contributed by atoms with E-state index in [1.165, 1.54) is 18.2 Å². The predicted molar refractivity (Wildman–Crippen MR) is 113 cm³/mol. The van der Waals surface area contributed by atoms with Gasteiger partial charge in [-0.1, -0.05) is 43.3 Å². The van der Waals surface area contributed by atoms with Crippen molar-refractivity contribution in [2.75, 3.05) is 20.6 Å². The molecule has 0 radical (unpaired) electrons. The zero-order valence-corrected chi connectivity index (χ0v) is 17.9. The summed E-state index contributed by atoms with van der Waals surface area (Å²) in [6.07, 6.45) is -3.22. The molecule has 0 aliphatic heterocycles. The number of carbonyl (C=O) groups is 1. The minimum absolute atomic E-state index is 0.0828. The molecule has 1 N–H and O–H groups in total. The second kappa shape index (κ2) is 9.52. The number of likely N-dealkylation sites (N-methyl/N-ethyl adjacent to an activating group) is 1. The number of carbonyl (C=O) groups excluding carboxylic acids is 1. The van der Waals surface area contributed by atoms with Crippen LogP contribution in [0.3, 0.4) is 0 Å². The Labute approximate surface area is 183 Å². The Balaban J connectivity index is 1.88. The van der Waals surface area contributed by atoms with Crippen LogP contribution in [0, 0.1) is 5.82 Å². The maximum atomic E-state index is 14.1. The van der Waals surface area contributed by atoms with Crippen LogP contribution in [0.1, 0.15) is 40.1 Å². The molecule has 9 heteroatoms. The molecule has 2 aromatic carbocycles. The number of para-hydroxylation sites is 1. The fourth-order valence-corrected chi connectivity index (χ4v) is 3.45. The van der Waals surface area contributed by atoms with Gasteiger partial charge in [0.2, 0.25) is 0 Å². The van der Waals surface area contributed by atoms with Gasteiger partial charge in [-0.3, -0.25) is 4.79 Å². The van der Waals surface area contributed by atoms with Crippen molar-refractivity contribution in [1.29, 1.82) is 0 Å². The second-order valence-corrected chi connectivity index (χ2v) is 7.55. The highest BCUT2D eigenvalue weighted by Gasteiger charge is 2.41. The first kappa shape index (κ1) is 23.5. The quantitative estimate of drug-likeness (QED) is 0.537. The molecule has 170 valence electrons. The van der Waals surface area contributed by atoms with Gasteiger partial charge in [0.1, 0.15) is 11.5 Å². The zero-order valence-electron chi connectivity index (χ0n) is 17.9. The van der Waals surface area contributed by atoms with E-state index in [-0.39, 0.29) is 18.3 Å². The molecule has 1 aromatic heterocycles. The third kappa shape index (κ3) is 4.99. The molecule has 0 bridgehead atoms. The highest BCUT2D eigenvalue weighted by Crippen LogP contribution is 2.34. The lowest BCUT2D eigenvalue weighted by Crippen LogP contribution is -2.35. The third-order valence-corrected chi connectivity index (χ3v) is 5.22. The Hall–Kier alpha value is -3.20. The Kier molecular flexibility index (Phi) is 6.98. The molecule has 3 aromatic rings. The van der Waals surface area contributed by atoms with E-state index in [9.17, 15) is 22.4 Å². The van der Waals surface area contributed by atoms with Crippen LogP contribution in [0.15, 0.2) is 54.7 Å². The zero-order chi connectivity index (χ0) is 23.5. The number of hydrogen-bond acceptors (Lipinski definition) is 3. The van der Waals surface area contributed by atoms with Crippen LogP contribution in [0.5, 0.6) is 0 Å². The SMILES string of the molecule is CCc1ccc(C(CNC(=O)c2cnn(-c3ccccc3F)c2C(F)(F)F)N(C)C)cc1. The van der Waals surface area contributed by atoms with E-state index in [4.69, 9.17) is 0 Å². The lowest BCUT2D eigenvalue weighted by Gasteiger charge is -2.25.